The molecule has 0 aliphatic heterocycles. The van der Waals surface area contributed by atoms with Crippen molar-refractivity contribution in [3.8, 4) is 17.2 Å². The molecule has 4 rings (SSSR count). The summed E-state index contributed by atoms with van der Waals surface area (Å²) in [6.45, 7) is 4.53. The first-order valence-electron chi connectivity index (χ1n) is 11.8. The van der Waals surface area contributed by atoms with E-state index in [2.05, 4.69) is 0 Å². The third kappa shape index (κ3) is 6.46. The lowest BCUT2D eigenvalue weighted by Gasteiger charge is -2.22. The van der Waals surface area contributed by atoms with Crippen LogP contribution in [0.25, 0.3) is 0 Å². The molecule has 0 aliphatic carbocycles. The lowest BCUT2D eigenvalue weighted by Crippen LogP contribution is -2.15. The summed E-state index contributed by atoms with van der Waals surface area (Å²) in [4.78, 5) is 22.7. The van der Waals surface area contributed by atoms with Gasteiger partial charge < -0.3 is 13.7 Å². The van der Waals surface area contributed by atoms with E-state index in [1.807, 2.05) is 6.92 Å². The van der Waals surface area contributed by atoms with Crippen LogP contribution in [0.2, 0.25) is 0 Å². The average molecular weight is 531 g/mol. The van der Waals surface area contributed by atoms with E-state index in [1.54, 1.807) is 91.0 Å². The standard InChI is InChI=1S/C30H26O7S/c1-20-8-14-27(15-9-20)37-38(33,34)29-7-5-4-6-28(29)30(23-10-16-25(17-11-23)35-21(2)31)24-12-18-26(19-13-24)36-22(3)32/h4-19,30H,1-3H3. The number of hydrogen-bond donors (Lipinski definition) is 0. The van der Waals surface area contributed by atoms with E-state index in [0.29, 0.717) is 17.1 Å². The van der Waals surface area contributed by atoms with E-state index in [1.165, 1.54) is 19.9 Å². The molecule has 0 N–H and O–H groups in total. The van der Waals surface area contributed by atoms with Crippen molar-refractivity contribution in [3.05, 3.63) is 119 Å². The Labute approximate surface area is 221 Å². The molecule has 7 nitrogen and oxygen atoms in total. The topological polar surface area (TPSA) is 96.0 Å². The second-order valence-electron chi connectivity index (χ2n) is 8.65. The second-order valence-corrected chi connectivity index (χ2v) is 10.2. The van der Waals surface area contributed by atoms with Gasteiger partial charge in [-0.2, -0.15) is 8.42 Å². The predicted octanol–water partition coefficient (Wildman–Crippen LogP) is 5.79. The van der Waals surface area contributed by atoms with E-state index >= 15 is 0 Å². The van der Waals surface area contributed by atoms with Crippen molar-refractivity contribution in [1.82, 2.24) is 0 Å². The van der Waals surface area contributed by atoms with Gasteiger partial charge in [0.2, 0.25) is 0 Å². The molecule has 0 bridgehead atoms. The van der Waals surface area contributed by atoms with Gasteiger partial charge in [-0.25, -0.2) is 0 Å². The van der Waals surface area contributed by atoms with E-state index in [4.69, 9.17) is 13.7 Å². The number of carbonyl (C=O) groups excluding carboxylic acids is 2. The summed E-state index contributed by atoms with van der Waals surface area (Å²) in [7, 11) is -4.20. The Balaban J connectivity index is 1.81. The van der Waals surface area contributed by atoms with Crippen molar-refractivity contribution < 1.29 is 31.7 Å². The Morgan fingerprint density at radius 1 is 0.632 bits per heavy atom. The van der Waals surface area contributed by atoms with Crippen LogP contribution >= 0.6 is 0 Å². The summed E-state index contributed by atoms with van der Waals surface area (Å²) in [6.07, 6.45) is 0. The molecule has 0 amide bonds. The minimum absolute atomic E-state index is 0.0127. The van der Waals surface area contributed by atoms with Crippen molar-refractivity contribution >= 4 is 22.1 Å². The van der Waals surface area contributed by atoms with Crippen LogP contribution in [-0.4, -0.2) is 20.4 Å². The molecule has 38 heavy (non-hydrogen) atoms. The van der Waals surface area contributed by atoms with Gasteiger partial charge in [0, 0.05) is 19.8 Å². The van der Waals surface area contributed by atoms with Crippen molar-refractivity contribution in [3.63, 3.8) is 0 Å². The molecular formula is C30H26O7S. The van der Waals surface area contributed by atoms with Gasteiger partial charge in [0.25, 0.3) is 0 Å². The van der Waals surface area contributed by atoms with Gasteiger partial charge in [0.05, 0.1) is 0 Å². The fourth-order valence-electron chi connectivity index (χ4n) is 4.05. The maximum Gasteiger partial charge on any atom is 0.339 e. The van der Waals surface area contributed by atoms with Gasteiger partial charge in [0.15, 0.2) is 0 Å². The van der Waals surface area contributed by atoms with Crippen LogP contribution < -0.4 is 13.7 Å². The molecule has 0 fully saturated rings. The summed E-state index contributed by atoms with van der Waals surface area (Å²) in [5, 5.41) is 0. The molecule has 0 saturated heterocycles. The molecule has 0 saturated carbocycles. The van der Waals surface area contributed by atoms with Gasteiger partial charge >= 0.3 is 22.1 Å². The summed E-state index contributed by atoms with van der Waals surface area (Å²) >= 11 is 0. The molecule has 0 aliphatic rings. The highest BCUT2D eigenvalue weighted by Crippen LogP contribution is 2.37. The first-order chi connectivity index (χ1) is 18.1. The summed E-state index contributed by atoms with van der Waals surface area (Å²) < 4.78 is 42.8. The molecule has 8 heteroatoms. The Bertz CT molecular complexity index is 1480. The van der Waals surface area contributed by atoms with Crippen LogP contribution in [0.5, 0.6) is 17.2 Å². The number of aryl methyl sites for hydroxylation is 1. The molecule has 0 heterocycles. The van der Waals surface area contributed by atoms with Crippen molar-refractivity contribution in [2.45, 2.75) is 31.6 Å². The molecule has 194 valence electrons. The number of ether oxygens (including phenoxy) is 2. The zero-order valence-corrected chi connectivity index (χ0v) is 21.9. The molecule has 0 atom stereocenters. The Morgan fingerprint density at radius 2 is 1.08 bits per heavy atom. The van der Waals surface area contributed by atoms with Crippen molar-refractivity contribution in [1.29, 1.82) is 0 Å². The summed E-state index contributed by atoms with van der Waals surface area (Å²) in [5.41, 5.74) is 2.96. The number of benzene rings is 4. The van der Waals surface area contributed by atoms with Crippen molar-refractivity contribution in [2.75, 3.05) is 0 Å². The van der Waals surface area contributed by atoms with Gasteiger partial charge in [-0.3, -0.25) is 9.59 Å². The number of hydrogen-bond acceptors (Lipinski definition) is 7. The van der Waals surface area contributed by atoms with Gasteiger partial charge in [0.1, 0.15) is 22.1 Å². The SMILES string of the molecule is CC(=O)Oc1ccc(C(c2ccc(OC(C)=O)cc2)c2ccccc2S(=O)(=O)Oc2ccc(C)cc2)cc1. The Kier molecular flexibility index (Phi) is 7.93. The molecular weight excluding hydrogens is 504 g/mol. The zero-order valence-electron chi connectivity index (χ0n) is 21.1. The Morgan fingerprint density at radius 3 is 1.55 bits per heavy atom. The summed E-state index contributed by atoms with van der Waals surface area (Å²) in [6, 6.07) is 27.1. The predicted molar refractivity (Wildman–Crippen MR) is 142 cm³/mol. The third-order valence-corrected chi connectivity index (χ3v) is 7.00. The van der Waals surface area contributed by atoms with E-state index in [-0.39, 0.29) is 10.6 Å². The minimum Gasteiger partial charge on any atom is -0.427 e. The maximum absolute atomic E-state index is 13.5. The smallest absolute Gasteiger partial charge is 0.339 e. The Hall–Kier alpha value is -4.43. The van der Waals surface area contributed by atoms with Crippen LogP contribution in [0, 0.1) is 6.92 Å². The fraction of sp³-hybridized carbons (Fsp3) is 0.133. The number of carbonyl (C=O) groups is 2. The average Bonchev–Trinajstić information content (AvgIpc) is 2.87. The largest absolute Gasteiger partial charge is 0.427 e. The normalized spacial score (nSPS) is 11.2. The molecule has 0 unspecified atom stereocenters. The number of esters is 2. The lowest BCUT2D eigenvalue weighted by atomic mass is 9.85. The van der Waals surface area contributed by atoms with Crippen molar-refractivity contribution in [2.24, 2.45) is 0 Å². The lowest BCUT2D eigenvalue weighted by molar-refractivity contribution is -0.132. The van der Waals surface area contributed by atoms with E-state index < -0.39 is 28.0 Å². The highest BCUT2D eigenvalue weighted by atomic mass is 32.2. The summed E-state index contributed by atoms with van der Waals surface area (Å²) in [5.74, 6) is -0.485. The minimum atomic E-state index is -4.20. The number of rotatable bonds is 8. The highest BCUT2D eigenvalue weighted by Gasteiger charge is 2.27. The van der Waals surface area contributed by atoms with Crippen LogP contribution in [0.15, 0.2) is 102 Å². The third-order valence-electron chi connectivity index (χ3n) is 5.68. The molecule has 0 spiro atoms. The molecule has 0 radical (unpaired) electrons. The van der Waals surface area contributed by atoms with Crippen LogP contribution in [0.3, 0.4) is 0 Å². The van der Waals surface area contributed by atoms with Crippen LogP contribution in [0.4, 0.5) is 0 Å². The van der Waals surface area contributed by atoms with Gasteiger partial charge in [-0.05, 0) is 66.1 Å². The maximum atomic E-state index is 13.5. The molecule has 4 aromatic rings. The second kappa shape index (κ2) is 11.3. The zero-order chi connectivity index (χ0) is 27.3. The van der Waals surface area contributed by atoms with Gasteiger partial charge in [-0.1, -0.05) is 60.2 Å². The fourth-order valence-corrected chi connectivity index (χ4v) is 5.23. The highest BCUT2D eigenvalue weighted by molar-refractivity contribution is 7.87. The quantitative estimate of drug-likeness (QED) is 0.123. The monoisotopic (exact) mass is 530 g/mol. The van der Waals surface area contributed by atoms with E-state index in [9.17, 15) is 18.0 Å². The molecule has 4 aromatic carbocycles. The first kappa shape index (κ1) is 26.6. The first-order valence-corrected chi connectivity index (χ1v) is 13.2. The van der Waals surface area contributed by atoms with Crippen LogP contribution in [-0.2, 0) is 19.7 Å². The van der Waals surface area contributed by atoms with Crippen LogP contribution in [0.1, 0.15) is 42.0 Å². The molecule has 0 aromatic heterocycles. The van der Waals surface area contributed by atoms with Gasteiger partial charge in [-0.15, -0.1) is 0 Å². The van der Waals surface area contributed by atoms with E-state index in [0.717, 1.165) is 16.7 Å².